The summed E-state index contributed by atoms with van der Waals surface area (Å²) in [5.74, 6) is 1.22. The molecule has 3 heterocycles. The molecule has 2 fully saturated rings. The number of hydrogen-bond acceptors (Lipinski definition) is 3. The van der Waals surface area contributed by atoms with Crippen molar-refractivity contribution in [3.05, 3.63) is 61.3 Å². The lowest BCUT2D eigenvalue weighted by Crippen LogP contribution is -2.42. The topological polar surface area (TPSA) is 53.5 Å². The van der Waals surface area contributed by atoms with Crippen LogP contribution in [0.1, 0.15) is 67.3 Å². The largest absolute Gasteiger partial charge is 0.343 e. The van der Waals surface area contributed by atoms with Gasteiger partial charge in [-0.15, -0.1) is 0 Å². The van der Waals surface area contributed by atoms with E-state index >= 15 is 0 Å². The van der Waals surface area contributed by atoms with Gasteiger partial charge in [0.25, 0.3) is 0 Å². The monoisotopic (exact) mass is 591 g/mol. The van der Waals surface area contributed by atoms with E-state index in [0.717, 1.165) is 85.5 Å². The summed E-state index contributed by atoms with van der Waals surface area (Å²) >= 11 is 16.8. The minimum Gasteiger partial charge on any atom is -0.343 e. The quantitative estimate of drug-likeness (QED) is 0.422. The molecule has 1 atom stereocenters. The van der Waals surface area contributed by atoms with Crippen LogP contribution >= 0.6 is 39.1 Å². The van der Waals surface area contributed by atoms with Crippen molar-refractivity contribution >= 4 is 50.9 Å². The van der Waals surface area contributed by atoms with Crippen LogP contribution in [-0.4, -0.2) is 52.8 Å². The molecule has 2 aromatic rings. The number of carbonyl (C=O) groups is 2. The van der Waals surface area contributed by atoms with Crippen LogP contribution in [0.3, 0.4) is 0 Å². The van der Waals surface area contributed by atoms with Crippen LogP contribution in [0, 0.1) is 11.8 Å². The van der Waals surface area contributed by atoms with E-state index in [1.807, 2.05) is 22.1 Å². The molecule has 0 saturated carbocycles. The molecule has 8 heteroatoms. The van der Waals surface area contributed by atoms with E-state index in [-0.39, 0.29) is 17.7 Å². The number of nitrogens with zero attached hydrogens (tertiary/aromatic N) is 3. The van der Waals surface area contributed by atoms with Gasteiger partial charge in [0, 0.05) is 66.2 Å². The van der Waals surface area contributed by atoms with Gasteiger partial charge in [-0.2, -0.15) is 0 Å². The van der Waals surface area contributed by atoms with Crippen LogP contribution in [0.15, 0.2) is 28.9 Å². The van der Waals surface area contributed by atoms with Gasteiger partial charge in [-0.3, -0.25) is 14.6 Å². The van der Waals surface area contributed by atoms with E-state index in [2.05, 4.69) is 28.1 Å². The number of amides is 2. The van der Waals surface area contributed by atoms with Gasteiger partial charge < -0.3 is 9.80 Å². The summed E-state index contributed by atoms with van der Waals surface area (Å²) in [5, 5.41) is 1.39. The number of hydrogen-bond donors (Lipinski definition) is 0. The summed E-state index contributed by atoms with van der Waals surface area (Å²) in [5.41, 5.74) is 4.75. The number of aryl methyl sites for hydroxylation is 2. The summed E-state index contributed by atoms with van der Waals surface area (Å²) in [6, 6.07) is 6.11. The Labute approximate surface area is 231 Å². The Morgan fingerprint density at radius 2 is 1.64 bits per heavy atom. The molecule has 2 amide bonds. The second kappa shape index (κ2) is 11.0. The lowest BCUT2D eigenvalue weighted by molar-refractivity contribution is -0.134. The van der Waals surface area contributed by atoms with Gasteiger partial charge in [-0.05, 0) is 101 Å². The molecule has 0 radical (unpaired) electrons. The van der Waals surface area contributed by atoms with Crippen molar-refractivity contribution in [2.45, 2.75) is 57.8 Å². The third-order valence-corrected chi connectivity index (χ3v) is 9.27. The van der Waals surface area contributed by atoms with Crippen LogP contribution in [0.25, 0.3) is 0 Å². The summed E-state index contributed by atoms with van der Waals surface area (Å²) in [4.78, 5) is 33.6. The van der Waals surface area contributed by atoms with Gasteiger partial charge in [0.2, 0.25) is 11.8 Å². The fourth-order valence-corrected chi connectivity index (χ4v) is 7.37. The number of rotatable bonds is 3. The molecule has 3 aliphatic rings. The average Bonchev–Trinajstić information content (AvgIpc) is 3.01. The van der Waals surface area contributed by atoms with Gasteiger partial charge in [-0.1, -0.05) is 23.2 Å². The van der Waals surface area contributed by atoms with Crippen molar-refractivity contribution < 1.29 is 9.59 Å². The highest BCUT2D eigenvalue weighted by atomic mass is 79.9. The molecule has 0 bridgehead atoms. The molecule has 0 N–H and O–H groups in total. The number of aromatic nitrogens is 1. The van der Waals surface area contributed by atoms with Crippen LogP contribution in [0.2, 0.25) is 10.0 Å². The molecule has 192 valence electrons. The summed E-state index contributed by atoms with van der Waals surface area (Å²) in [6.45, 7) is 4.68. The zero-order chi connectivity index (χ0) is 25.4. The first-order valence-corrected chi connectivity index (χ1v) is 14.5. The molecule has 0 spiro atoms. The third-order valence-electron chi connectivity index (χ3n) is 8.30. The predicted octanol–water partition coefficient (Wildman–Crippen LogP) is 6.27. The third kappa shape index (κ3) is 5.46. The van der Waals surface area contributed by atoms with Gasteiger partial charge in [0.05, 0.1) is 5.69 Å². The Morgan fingerprint density at radius 1 is 0.972 bits per heavy atom. The molecule has 2 saturated heterocycles. The predicted molar refractivity (Wildman–Crippen MR) is 147 cm³/mol. The van der Waals surface area contributed by atoms with E-state index in [1.165, 1.54) is 11.1 Å². The smallest absolute Gasteiger partial charge is 0.222 e. The van der Waals surface area contributed by atoms with Gasteiger partial charge >= 0.3 is 0 Å². The number of piperidine rings is 2. The Balaban J connectivity index is 1.31. The van der Waals surface area contributed by atoms with Crippen molar-refractivity contribution in [3.8, 4) is 0 Å². The highest BCUT2D eigenvalue weighted by Gasteiger charge is 2.36. The molecule has 1 unspecified atom stereocenters. The summed E-state index contributed by atoms with van der Waals surface area (Å²) in [6.07, 6.45) is 7.95. The molecule has 2 aliphatic heterocycles. The molecule has 5 nitrogen and oxygen atoms in total. The van der Waals surface area contributed by atoms with Crippen LogP contribution in [0.4, 0.5) is 0 Å². The van der Waals surface area contributed by atoms with E-state index in [9.17, 15) is 9.59 Å². The van der Waals surface area contributed by atoms with Gasteiger partial charge in [0.15, 0.2) is 0 Å². The maximum Gasteiger partial charge on any atom is 0.222 e. The van der Waals surface area contributed by atoms with Gasteiger partial charge in [0.1, 0.15) is 0 Å². The molecule has 5 rings (SSSR count). The van der Waals surface area contributed by atoms with Crippen molar-refractivity contribution in [3.63, 3.8) is 0 Å². The minimum absolute atomic E-state index is 0.100. The standard InChI is InChI=1S/C28H32BrCl2N3O2/c1-17(35)33-8-4-18(5-9-33)12-25(36)34-10-6-19(7-11-34)27-26-20(14-23(30)15-24(26)31)2-3-21-13-22(29)16-32-28(21)27/h13-16,18-19,27H,2-12H2,1H3. The normalized spacial score (nSPS) is 21.1. The first kappa shape index (κ1) is 26.0. The van der Waals surface area contributed by atoms with E-state index in [0.29, 0.717) is 23.3 Å². The van der Waals surface area contributed by atoms with Crippen LogP contribution < -0.4 is 0 Å². The van der Waals surface area contributed by atoms with Crippen molar-refractivity contribution in [1.29, 1.82) is 0 Å². The summed E-state index contributed by atoms with van der Waals surface area (Å²) < 4.78 is 0.990. The second-order valence-corrected chi connectivity index (χ2v) is 12.3. The highest BCUT2D eigenvalue weighted by Crippen LogP contribution is 2.46. The molecular weight excluding hydrogens is 561 g/mol. The summed E-state index contributed by atoms with van der Waals surface area (Å²) in [7, 11) is 0. The Hall–Kier alpha value is -1.63. The minimum atomic E-state index is 0.100. The Bertz CT molecular complexity index is 1160. The van der Waals surface area contributed by atoms with Crippen LogP contribution in [0.5, 0.6) is 0 Å². The number of halogens is 3. The highest BCUT2D eigenvalue weighted by molar-refractivity contribution is 9.10. The zero-order valence-corrected chi connectivity index (χ0v) is 23.7. The number of carbonyl (C=O) groups excluding carboxylic acids is 2. The van der Waals surface area contributed by atoms with Crippen molar-refractivity contribution in [2.24, 2.45) is 11.8 Å². The maximum atomic E-state index is 13.1. The maximum absolute atomic E-state index is 13.1. The fourth-order valence-electron chi connectivity index (χ4n) is 6.34. The van der Waals surface area contributed by atoms with Crippen molar-refractivity contribution in [2.75, 3.05) is 26.2 Å². The lowest BCUT2D eigenvalue weighted by Gasteiger charge is -2.38. The second-order valence-electron chi connectivity index (χ2n) is 10.5. The Morgan fingerprint density at radius 3 is 2.33 bits per heavy atom. The number of pyridine rings is 1. The Kier molecular flexibility index (Phi) is 7.95. The number of likely N-dealkylation sites (tertiary alicyclic amines) is 2. The van der Waals surface area contributed by atoms with Crippen molar-refractivity contribution in [1.82, 2.24) is 14.8 Å². The zero-order valence-electron chi connectivity index (χ0n) is 20.6. The van der Waals surface area contributed by atoms with Crippen LogP contribution in [-0.2, 0) is 22.4 Å². The first-order chi connectivity index (χ1) is 17.3. The lowest BCUT2D eigenvalue weighted by atomic mass is 9.76. The first-order valence-electron chi connectivity index (χ1n) is 13.0. The average molecular weight is 593 g/mol. The molecular formula is C28H32BrCl2N3O2. The number of benzene rings is 1. The molecule has 36 heavy (non-hydrogen) atoms. The fraction of sp³-hybridized carbons (Fsp3) is 0.536. The number of fused-ring (bicyclic) bond motifs is 2. The SMILES string of the molecule is CC(=O)N1CCC(CC(=O)N2CCC(C3c4ncc(Br)cc4CCc4cc(Cl)cc(Cl)c43)CC2)CC1. The van der Waals surface area contributed by atoms with E-state index < -0.39 is 0 Å². The van der Waals surface area contributed by atoms with E-state index in [4.69, 9.17) is 28.2 Å². The van der Waals surface area contributed by atoms with Gasteiger partial charge in [-0.25, -0.2) is 0 Å². The molecule has 1 aliphatic carbocycles. The van der Waals surface area contributed by atoms with E-state index in [1.54, 1.807) is 6.92 Å². The molecule has 1 aromatic carbocycles. The molecule has 1 aromatic heterocycles.